The van der Waals surface area contributed by atoms with E-state index in [0.29, 0.717) is 17.1 Å². The molecule has 2 amide bonds. The minimum atomic E-state index is -0.0496. The number of nitrogens with zero attached hydrogens (tertiary/aromatic N) is 1. The molecule has 1 aliphatic rings. The normalized spacial score (nSPS) is 15.7. The van der Waals surface area contributed by atoms with Crippen LogP contribution in [0.1, 0.15) is 25.7 Å². The molecule has 0 unspecified atom stereocenters. The molecule has 0 atom stereocenters. The molecule has 0 bridgehead atoms. The summed E-state index contributed by atoms with van der Waals surface area (Å²) in [5.74, 6) is 0.618. The average molecular weight is 263 g/mol. The largest absolute Gasteiger partial charge is 0.495 e. The Hall–Kier alpha value is -1.91. The van der Waals surface area contributed by atoms with Gasteiger partial charge in [0.05, 0.1) is 12.8 Å². The molecular weight excluding hydrogens is 242 g/mol. The predicted octanol–water partition coefficient (Wildman–Crippen LogP) is 2.69. The van der Waals surface area contributed by atoms with Crippen molar-refractivity contribution in [2.75, 3.05) is 31.2 Å². The van der Waals surface area contributed by atoms with Crippen molar-refractivity contribution in [2.24, 2.45) is 0 Å². The summed E-state index contributed by atoms with van der Waals surface area (Å²) >= 11 is 0. The first kappa shape index (κ1) is 13.5. The summed E-state index contributed by atoms with van der Waals surface area (Å²) in [5.41, 5.74) is 7.05. The molecule has 1 aromatic rings. The standard InChI is InChI=1S/C14H21N3O2/c1-19-13-7-6-11(10-12(13)15)16-14(18)17-8-4-2-3-5-9-17/h6-7,10H,2-5,8-9,15H2,1H3,(H,16,18). The third-order valence-corrected chi connectivity index (χ3v) is 3.37. The molecule has 0 aliphatic carbocycles. The topological polar surface area (TPSA) is 67.6 Å². The van der Waals surface area contributed by atoms with Crippen LogP contribution in [-0.4, -0.2) is 31.1 Å². The van der Waals surface area contributed by atoms with Gasteiger partial charge in [-0.3, -0.25) is 0 Å². The van der Waals surface area contributed by atoms with Gasteiger partial charge in [0.25, 0.3) is 0 Å². The molecular formula is C14H21N3O2. The molecule has 3 N–H and O–H groups in total. The van der Waals surface area contributed by atoms with Crippen molar-refractivity contribution in [2.45, 2.75) is 25.7 Å². The first-order valence-electron chi connectivity index (χ1n) is 6.70. The van der Waals surface area contributed by atoms with Gasteiger partial charge in [0.15, 0.2) is 0 Å². The van der Waals surface area contributed by atoms with Crippen LogP contribution in [0, 0.1) is 0 Å². The van der Waals surface area contributed by atoms with Crippen LogP contribution in [-0.2, 0) is 0 Å². The van der Waals surface area contributed by atoms with Crippen molar-refractivity contribution in [3.63, 3.8) is 0 Å². The molecule has 0 aromatic heterocycles. The highest BCUT2D eigenvalue weighted by molar-refractivity contribution is 5.90. The first-order chi connectivity index (χ1) is 9.20. The number of nitrogens with two attached hydrogens (primary N) is 1. The summed E-state index contributed by atoms with van der Waals surface area (Å²) in [7, 11) is 1.57. The number of anilines is 2. The van der Waals surface area contributed by atoms with E-state index in [1.165, 1.54) is 12.8 Å². The summed E-state index contributed by atoms with van der Waals surface area (Å²) in [4.78, 5) is 14.0. The van der Waals surface area contributed by atoms with Crippen LogP contribution < -0.4 is 15.8 Å². The number of methoxy groups -OCH3 is 1. The van der Waals surface area contributed by atoms with Crippen LogP contribution in [0.2, 0.25) is 0 Å². The molecule has 104 valence electrons. The highest BCUT2D eigenvalue weighted by atomic mass is 16.5. The Balaban J connectivity index is 1.99. The number of hydrogen-bond donors (Lipinski definition) is 2. The minimum Gasteiger partial charge on any atom is -0.495 e. The Morgan fingerprint density at radius 1 is 1.26 bits per heavy atom. The van der Waals surface area contributed by atoms with Crippen LogP contribution in [0.15, 0.2) is 18.2 Å². The van der Waals surface area contributed by atoms with Gasteiger partial charge in [-0.1, -0.05) is 12.8 Å². The van der Waals surface area contributed by atoms with Gasteiger partial charge in [0.1, 0.15) is 5.75 Å². The van der Waals surface area contributed by atoms with Crippen molar-refractivity contribution < 1.29 is 9.53 Å². The summed E-state index contributed by atoms with van der Waals surface area (Å²) in [5, 5.41) is 2.88. The lowest BCUT2D eigenvalue weighted by Gasteiger charge is -2.21. The highest BCUT2D eigenvalue weighted by Crippen LogP contribution is 2.24. The van der Waals surface area contributed by atoms with E-state index in [4.69, 9.17) is 10.5 Å². The van der Waals surface area contributed by atoms with Crippen molar-refractivity contribution in [3.8, 4) is 5.75 Å². The van der Waals surface area contributed by atoms with Crippen molar-refractivity contribution >= 4 is 17.4 Å². The Morgan fingerprint density at radius 2 is 1.95 bits per heavy atom. The molecule has 1 aliphatic heterocycles. The van der Waals surface area contributed by atoms with E-state index in [-0.39, 0.29) is 6.03 Å². The molecule has 1 heterocycles. The lowest BCUT2D eigenvalue weighted by atomic mass is 10.2. The van der Waals surface area contributed by atoms with Gasteiger partial charge in [-0.05, 0) is 31.0 Å². The molecule has 5 heteroatoms. The number of carbonyl (C=O) groups is 1. The number of hydrogen-bond acceptors (Lipinski definition) is 3. The summed E-state index contributed by atoms with van der Waals surface area (Å²) < 4.78 is 5.09. The van der Waals surface area contributed by atoms with E-state index in [1.54, 1.807) is 25.3 Å². The number of benzene rings is 1. The van der Waals surface area contributed by atoms with E-state index in [2.05, 4.69) is 5.32 Å². The molecule has 0 spiro atoms. The number of ether oxygens (including phenoxy) is 1. The monoisotopic (exact) mass is 263 g/mol. The van der Waals surface area contributed by atoms with E-state index in [0.717, 1.165) is 25.9 Å². The van der Waals surface area contributed by atoms with Gasteiger partial charge in [-0.2, -0.15) is 0 Å². The van der Waals surface area contributed by atoms with Gasteiger partial charge in [-0.15, -0.1) is 0 Å². The molecule has 5 nitrogen and oxygen atoms in total. The average Bonchev–Trinajstić information content (AvgIpc) is 2.68. The zero-order valence-electron chi connectivity index (χ0n) is 11.3. The van der Waals surface area contributed by atoms with Crippen molar-refractivity contribution in [1.29, 1.82) is 0 Å². The van der Waals surface area contributed by atoms with Gasteiger partial charge >= 0.3 is 6.03 Å². The van der Waals surface area contributed by atoms with Crippen LogP contribution in [0.5, 0.6) is 5.75 Å². The van der Waals surface area contributed by atoms with Crippen LogP contribution in [0.4, 0.5) is 16.2 Å². The maximum atomic E-state index is 12.1. The smallest absolute Gasteiger partial charge is 0.321 e. The number of amides is 2. The molecule has 1 saturated heterocycles. The number of urea groups is 1. The molecule has 0 radical (unpaired) electrons. The highest BCUT2D eigenvalue weighted by Gasteiger charge is 2.15. The summed E-state index contributed by atoms with van der Waals surface area (Å²) in [6.07, 6.45) is 4.58. The van der Waals surface area contributed by atoms with E-state index in [9.17, 15) is 4.79 Å². The first-order valence-corrected chi connectivity index (χ1v) is 6.70. The number of carbonyl (C=O) groups excluding carboxylic acids is 1. The SMILES string of the molecule is COc1ccc(NC(=O)N2CCCCCC2)cc1N. The fourth-order valence-corrected chi connectivity index (χ4v) is 2.29. The molecule has 1 aromatic carbocycles. The van der Waals surface area contributed by atoms with Gasteiger partial charge in [-0.25, -0.2) is 4.79 Å². The molecule has 1 fully saturated rings. The molecule has 0 saturated carbocycles. The number of likely N-dealkylation sites (tertiary alicyclic amines) is 1. The van der Waals surface area contributed by atoms with E-state index >= 15 is 0 Å². The Morgan fingerprint density at radius 3 is 2.53 bits per heavy atom. The van der Waals surface area contributed by atoms with Gasteiger partial charge in [0, 0.05) is 18.8 Å². The Bertz CT molecular complexity index is 440. The molecule has 2 rings (SSSR count). The quantitative estimate of drug-likeness (QED) is 0.806. The zero-order chi connectivity index (χ0) is 13.7. The molecule has 19 heavy (non-hydrogen) atoms. The van der Waals surface area contributed by atoms with Crippen LogP contribution in [0.3, 0.4) is 0 Å². The zero-order valence-corrected chi connectivity index (χ0v) is 11.3. The maximum Gasteiger partial charge on any atom is 0.321 e. The Labute approximate surface area is 113 Å². The fraction of sp³-hybridized carbons (Fsp3) is 0.500. The van der Waals surface area contributed by atoms with Gasteiger partial charge in [0.2, 0.25) is 0 Å². The minimum absolute atomic E-state index is 0.0496. The number of nitrogens with one attached hydrogen (secondary N) is 1. The van der Waals surface area contributed by atoms with Crippen LogP contribution in [0.25, 0.3) is 0 Å². The van der Waals surface area contributed by atoms with Crippen LogP contribution >= 0.6 is 0 Å². The summed E-state index contributed by atoms with van der Waals surface area (Å²) in [6, 6.07) is 5.22. The maximum absolute atomic E-state index is 12.1. The second-order valence-electron chi connectivity index (χ2n) is 4.79. The van der Waals surface area contributed by atoms with Crippen molar-refractivity contribution in [3.05, 3.63) is 18.2 Å². The van der Waals surface area contributed by atoms with Crippen molar-refractivity contribution in [1.82, 2.24) is 4.90 Å². The summed E-state index contributed by atoms with van der Waals surface area (Å²) in [6.45, 7) is 1.66. The third-order valence-electron chi connectivity index (χ3n) is 3.37. The van der Waals surface area contributed by atoms with E-state index < -0.39 is 0 Å². The number of rotatable bonds is 2. The lowest BCUT2D eigenvalue weighted by Crippen LogP contribution is -2.35. The third kappa shape index (κ3) is 3.53. The Kier molecular flexibility index (Phi) is 4.49. The second kappa shape index (κ2) is 6.31. The fourth-order valence-electron chi connectivity index (χ4n) is 2.29. The predicted molar refractivity (Wildman–Crippen MR) is 76.5 cm³/mol. The van der Waals surface area contributed by atoms with Gasteiger partial charge < -0.3 is 20.7 Å². The van der Waals surface area contributed by atoms with E-state index in [1.807, 2.05) is 4.90 Å². The second-order valence-corrected chi connectivity index (χ2v) is 4.79. The lowest BCUT2D eigenvalue weighted by molar-refractivity contribution is 0.214. The number of nitrogen functional groups attached to an aromatic ring is 1.